The van der Waals surface area contributed by atoms with Crippen LogP contribution < -0.4 is 15.1 Å². The summed E-state index contributed by atoms with van der Waals surface area (Å²) in [5, 5.41) is 1.16. The number of carbonyl (C=O) groups is 3. The molecule has 2 aliphatic heterocycles. The van der Waals surface area contributed by atoms with Crippen molar-refractivity contribution < 1.29 is 45.1 Å². The van der Waals surface area contributed by atoms with Crippen molar-refractivity contribution in [2.24, 2.45) is 5.92 Å². The standard InChI is InChI=1S/C28H17F6N3O5S2/c29-27(30,31)13-5-3-6-14(11-13)35-18(38)12-36-25-22(44-26(36)41)19(17-9-4-10-42-17)20-21(43-25)24(40)37(23(20)39)16-8-2-1-7-15(16)28(32,33)34/h1-11,19-21H,12H2,(H,35,38)/t19-,20-,21+/m0/s1. The number of aromatic nitrogens is 1. The van der Waals surface area contributed by atoms with Crippen LogP contribution in [0.2, 0.25) is 0 Å². The molecule has 0 saturated carbocycles. The lowest BCUT2D eigenvalue weighted by atomic mass is 9.86. The lowest BCUT2D eigenvalue weighted by Crippen LogP contribution is -2.33. The molecule has 228 valence electrons. The molecule has 1 saturated heterocycles. The van der Waals surface area contributed by atoms with Crippen molar-refractivity contribution >= 4 is 52.2 Å². The van der Waals surface area contributed by atoms with Crippen molar-refractivity contribution in [3.63, 3.8) is 0 Å². The molecular weight excluding hydrogens is 636 g/mol. The maximum absolute atomic E-state index is 13.8. The van der Waals surface area contributed by atoms with Gasteiger partial charge >= 0.3 is 17.2 Å². The van der Waals surface area contributed by atoms with Crippen LogP contribution in [0.1, 0.15) is 27.7 Å². The molecule has 0 bridgehead atoms. The quantitative estimate of drug-likeness (QED) is 0.210. The predicted molar refractivity (Wildman–Crippen MR) is 146 cm³/mol. The minimum absolute atomic E-state index is 0.119. The number of alkyl halides is 6. The fourth-order valence-corrected chi connectivity index (χ4v) is 8.05. The Kier molecular flexibility index (Phi) is 7.23. The number of benzene rings is 2. The van der Waals surface area contributed by atoms with E-state index in [1.54, 1.807) is 0 Å². The van der Waals surface area contributed by atoms with Gasteiger partial charge in [-0.15, -0.1) is 0 Å². The Morgan fingerprint density at radius 2 is 1.66 bits per heavy atom. The summed E-state index contributed by atoms with van der Waals surface area (Å²) in [5.74, 6) is -4.81. The van der Waals surface area contributed by atoms with Crippen LogP contribution in [0.15, 0.2) is 81.2 Å². The average molecular weight is 654 g/mol. The third-order valence-corrected chi connectivity index (χ3v) is 9.73. The van der Waals surface area contributed by atoms with Crippen molar-refractivity contribution in [1.29, 1.82) is 0 Å². The predicted octanol–water partition coefficient (Wildman–Crippen LogP) is 5.97. The number of imide groups is 1. The van der Waals surface area contributed by atoms with Crippen molar-refractivity contribution in [2.75, 3.05) is 10.2 Å². The number of halogens is 6. The molecule has 3 amide bonds. The van der Waals surface area contributed by atoms with Gasteiger partial charge in [-0.25, -0.2) is 4.90 Å². The van der Waals surface area contributed by atoms with Crippen LogP contribution >= 0.6 is 23.1 Å². The van der Waals surface area contributed by atoms with E-state index in [4.69, 9.17) is 4.42 Å². The summed E-state index contributed by atoms with van der Waals surface area (Å²) < 4.78 is 87.4. The second-order valence-corrected chi connectivity index (χ2v) is 12.0. The molecule has 8 nitrogen and oxygen atoms in total. The zero-order valence-corrected chi connectivity index (χ0v) is 23.4. The molecule has 1 fully saturated rings. The number of hydrogen-bond acceptors (Lipinski definition) is 7. The summed E-state index contributed by atoms with van der Waals surface area (Å²) in [4.78, 5) is 53.6. The molecule has 2 aliphatic rings. The zero-order valence-electron chi connectivity index (χ0n) is 21.8. The number of furan rings is 1. The Balaban J connectivity index is 1.37. The number of amides is 3. The highest BCUT2D eigenvalue weighted by molar-refractivity contribution is 8.00. The van der Waals surface area contributed by atoms with E-state index in [2.05, 4.69) is 5.32 Å². The van der Waals surface area contributed by atoms with Crippen LogP contribution in [0.3, 0.4) is 0 Å². The van der Waals surface area contributed by atoms with Gasteiger partial charge in [0.2, 0.25) is 17.7 Å². The molecule has 2 aromatic heterocycles. The Bertz CT molecular complexity index is 1850. The first kappa shape index (κ1) is 29.7. The van der Waals surface area contributed by atoms with Crippen LogP contribution in [0.4, 0.5) is 37.7 Å². The van der Waals surface area contributed by atoms with E-state index in [0.717, 1.165) is 52.7 Å². The smallest absolute Gasteiger partial charge is 0.418 e. The topological polar surface area (TPSA) is 102 Å². The second kappa shape index (κ2) is 10.7. The van der Waals surface area contributed by atoms with Crippen LogP contribution in [-0.4, -0.2) is 27.5 Å². The Hall–Kier alpha value is -4.31. The molecule has 6 rings (SSSR count). The first-order valence-electron chi connectivity index (χ1n) is 12.7. The summed E-state index contributed by atoms with van der Waals surface area (Å²) in [5.41, 5.74) is -2.98. The number of thioether (sulfide) groups is 1. The molecule has 4 aromatic rings. The summed E-state index contributed by atoms with van der Waals surface area (Å²) >= 11 is 1.43. The maximum atomic E-state index is 13.8. The van der Waals surface area contributed by atoms with Crippen LogP contribution in [0.5, 0.6) is 0 Å². The Morgan fingerprint density at radius 3 is 2.34 bits per heavy atom. The number of nitrogens with zero attached hydrogens (tertiary/aromatic N) is 2. The second-order valence-electron chi connectivity index (χ2n) is 9.83. The number of hydrogen-bond donors (Lipinski definition) is 1. The number of nitrogens with one attached hydrogen (secondary N) is 1. The lowest BCUT2D eigenvalue weighted by Gasteiger charge is -2.29. The van der Waals surface area contributed by atoms with Gasteiger partial charge in [-0.05, 0) is 42.5 Å². The molecule has 3 atom stereocenters. The summed E-state index contributed by atoms with van der Waals surface area (Å²) in [6, 6.07) is 11.1. The highest BCUT2D eigenvalue weighted by Gasteiger charge is 2.58. The monoisotopic (exact) mass is 653 g/mol. The highest BCUT2D eigenvalue weighted by atomic mass is 32.2. The van der Waals surface area contributed by atoms with E-state index >= 15 is 0 Å². The van der Waals surface area contributed by atoms with Crippen LogP contribution in [-0.2, 0) is 33.3 Å². The number of carbonyl (C=O) groups excluding carboxylic acids is 3. The van der Waals surface area contributed by atoms with Crippen molar-refractivity contribution in [2.45, 2.75) is 35.1 Å². The minimum atomic E-state index is -4.87. The fourth-order valence-electron chi connectivity index (χ4n) is 5.29. The van der Waals surface area contributed by atoms with E-state index in [1.807, 2.05) is 0 Å². The number of para-hydroxylation sites is 1. The molecule has 0 unspecified atom stereocenters. The summed E-state index contributed by atoms with van der Waals surface area (Å²) in [7, 11) is 0. The Morgan fingerprint density at radius 1 is 0.909 bits per heavy atom. The van der Waals surface area contributed by atoms with E-state index < -0.39 is 75.4 Å². The SMILES string of the molecule is O=C(Cn1c2c(sc1=O)[C@@H](c1ccco1)[C@@H]1C(=O)N(c3ccccc3C(F)(F)F)C(=O)[C@@H]1S2)Nc1cccc(C(F)(F)F)c1. The fraction of sp³-hybridized carbons (Fsp3) is 0.214. The van der Waals surface area contributed by atoms with Gasteiger partial charge in [-0.3, -0.25) is 23.7 Å². The number of thiazole rings is 1. The minimum Gasteiger partial charge on any atom is -0.469 e. The van der Waals surface area contributed by atoms with Gasteiger partial charge in [0.15, 0.2) is 0 Å². The molecule has 0 radical (unpaired) electrons. The lowest BCUT2D eigenvalue weighted by molar-refractivity contribution is -0.138. The molecule has 1 N–H and O–H groups in total. The van der Waals surface area contributed by atoms with E-state index in [0.29, 0.717) is 16.2 Å². The van der Waals surface area contributed by atoms with Crippen molar-refractivity contribution in [3.05, 3.63) is 98.4 Å². The van der Waals surface area contributed by atoms with E-state index in [1.165, 1.54) is 30.5 Å². The molecule has 16 heteroatoms. The number of rotatable bonds is 5. The van der Waals surface area contributed by atoms with Crippen LogP contribution in [0.25, 0.3) is 0 Å². The van der Waals surface area contributed by atoms with Crippen LogP contribution in [0, 0.1) is 5.92 Å². The number of fused-ring (bicyclic) bond motifs is 2. The first-order chi connectivity index (χ1) is 20.8. The van der Waals surface area contributed by atoms with E-state index in [9.17, 15) is 45.5 Å². The molecule has 44 heavy (non-hydrogen) atoms. The maximum Gasteiger partial charge on any atom is 0.418 e. The summed E-state index contributed by atoms with van der Waals surface area (Å²) in [6.45, 7) is -0.654. The van der Waals surface area contributed by atoms with E-state index in [-0.39, 0.29) is 21.4 Å². The first-order valence-corrected chi connectivity index (χ1v) is 14.4. The van der Waals surface area contributed by atoms with Gasteiger partial charge in [0.05, 0.1) is 44.8 Å². The molecule has 0 aliphatic carbocycles. The van der Waals surface area contributed by atoms with Crippen molar-refractivity contribution in [1.82, 2.24) is 4.57 Å². The van der Waals surface area contributed by atoms with Gasteiger partial charge in [0.1, 0.15) is 17.6 Å². The molecule has 2 aromatic carbocycles. The highest BCUT2D eigenvalue weighted by Crippen LogP contribution is 2.54. The molecule has 4 heterocycles. The van der Waals surface area contributed by atoms with Gasteiger partial charge in [-0.2, -0.15) is 26.3 Å². The van der Waals surface area contributed by atoms with Crippen molar-refractivity contribution in [3.8, 4) is 0 Å². The van der Waals surface area contributed by atoms with Gasteiger partial charge < -0.3 is 9.73 Å². The third kappa shape index (κ3) is 5.11. The van der Waals surface area contributed by atoms with Gasteiger partial charge in [0.25, 0.3) is 0 Å². The number of anilines is 2. The largest absolute Gasteiger partial charge is 0.469 e. The normalized spacial score (nSPS) is 20.0. The molecular formula is C28H17F6N3O5S2. The average Bonchev–Trinajstić information content (AvgIpc) is 3.65. The molecule has 0 spiro atoms. The zero-order chi connectivity index (χ0) is 31.6. The third-order valence-electron chi connectivity index (χ3n) is 7.12. The van der Waals surface area contributed by atoms with Gasteiger partial charge in [0, 0.05) is 5.69 Å². The summed E-state index contributed by atoms with van der Waals surface area (Å²) in [6.07, 6.45) is -8.23. The Labute approximate surface area is 251 Å². The van der Waals surface area contributed by atoms with Gasteiger partial charge in [-0.1, -0.05) is 41.3 Å².